The first-order chi connectivity index (χ1) is 7.04. The Morgan fingerprint density at radius 1 is 1.40 bits per heavy atom. The largest absolute Gasteiger partial charge is 0.386 e. The van der Waals surface area contributed by atoms with Gasteiger partial charge in [-0.2, -0.15) is 0 Å². The van der Waals surface area contributed by atoms with E-state index in [1.54, 1.807) is 6.07 Å². The fraction of sp³-hybridized carbons (Fsp3) is 0.111. The molecule has 4 N–H and O–H groups in total. The van der Waals surface area contributed by atoms with E-state index < -0.39 is 5.91 Å². The van der Waals surface area contributed by atoms with Gasteiger partial charge in [0.05, 0.1) is 22.2 Å². The Kier molecular flexibility index (Phi) is 3.94. The van der Waals surface area contributed by atoms with Crippen molar-refractivity contribution in [2.75, 3.05) is 5.88 Å². The Balaban J connectivity index is 3.13. The molecule has 0 bridgehead atoms. The van der Waals surface area contributed by atoms with Gasteiger partial charge in [-0.15, -0.1) is 11.6 Å². The van der Waals surface area contributed by atoms with E-state index in [0.717, 1.165) is 0 Å². The predicted octanol–water partition coefficient (Wildman–Crippen LogP) is 1.67. The average molecular weight is 246 g/mol. The third-order valence-electron chi connectivity index (χ3n) is 1.63. The number of carbonyl (C=O) groups is 1. The van der Waals surface area contributed by atoms with Crippen LogP contribution in [0.4, 0.5) is 5.69 Å². The van der Waals surface area contributed by atoms with Gasteiger partial charge in [0.15, 0.2) is 0 Å². The summed E-state index contributed by atoms with van der Waals surface area (Å²) in [7, 11) is 0. The number of nitrogens with zero attached hydrogens (tertiary/aromatic N) is 1. The Hall–Kier alpha value is -1.26. The van der Waals surface area contributed by atoms with E-state index in [1.807, 2.05) is 0 Å². The number of primary amides is 1. The third kappa shape index (κ3) is 3.11. The molecule has 4 nitrogen and oxygen atoms in total. The quantitative estimate of drug-likeness (QED) is 0.483. The van der Waals surface area contributed by atoms with E-state index in [1.165, 1.54) is 12.1 Å². The van der Waals surface area contributed by atoms with Crippen LogP contribution in [0.15, 0.2) is 23.2 Å². The number of nitrogens with two attached hydrogens (primary N) is 2. The summed E-state index contributed by atoms with van der Waals surface area (Å²) in [5.74, 6) is -0.231. The van der Waals surface area contributed by atoms with Crippen LogP contribution < -0.4 is 11.5 Å². The van der Waals surface area contributed by atoms with Gasteiger partial charge in [-0.25, -0.2) is 4.99 Å². The summed E-state index contributed by atoms with van der Waals surface area (Å²) in [6, 6.07) is 4.61. The van der Waals surface area contributed by atoms with Crippen LogP contribution in [-0.2, 0) is 0 Å². The first-order valence-electron chi connectivity index (χ1n) is 4.03. The number of halogens is 2. The maximum Gasteiger partial charge on any atom is 0.250 e. The number of rotatable bonds is 3. The second-order valence-corrected chi connectivity index (χ2v) is 3.44. The molecule has 1 aromatic carbocycles. The number of carbonyl (C=O) groups excluding carboxylic acids is 1. The van der Waals surface area contributed by atoms with E-state index in [-0.39, 0.29) is 22.3 Å². The van der Waals surface area contributed by atoms with E-state index >= 15 is 0 Å². The summed E-state index contributed by atoms with van der Waals surface area (Å²) in [6.45, 7) is 0. The number of alkyl halides is 1. The predicted molar refractivity (Wildman–Crippen MR) is 62.0 cm³/mol. The molecule has 0 radical (unpaired) electrons. The second kappa shape index (κ2) is 5.00. The van der Waals surface area contributed by atoms with Gasteiger partial charge in [-0.3, -0.25) is 4.79 Å². The molecule has 0 aromatic heterocycles. The number of amidine groups is 1. The molecule has 0 saturated heterocycles. The van der Waals surface area contributed by atoms with Crippen molar-refractivity contribution in [3.63, 3.8) is 0 Å². The Morgan fingerprint density at radius 2 is 2.07 bits per heavy atom. The van der Waals surface area contributed by atoms with E-state index in [0.29, 0.717) is 5.69 Å². The number of hydrogen-bond acceptors (Lipinski definition) is 2. The van der Waals surface area contributed by atoms with Crippen LogP contribution in [0, 0.1) is 0 Å². The summed E-state index contributed by atoms with van der Waals surface area (Å²) in [6.07, 6.45) is 0. The molecule has 0 aliphatic carbocycles. The minimum Gasteiger partial charge on any atom is -0.386 e. The lowest BCUT2D eigenvalue weighted by Gasteiger charge is -2.01. The monoisotopic (exact) mass is 245 g/mol. The smallest absolute Gasteiger partial charge is 0.250 e. The van der Waals surface area contributed by atoms with Crippen molar-refractivity contribution in [1.29, 1.82) is 0 Å². The molecule has 1 amide bonds. The highest BCUT2D eigenvalue weighted by Crippen LogP contribution is 2.22. The molecule has 0 spiro atoms. The Bertz CT molecular complexity index is 418. The van der Waals surface area contributed by atoms with Crippen LogP contribution in [0.2, 0.25) is 5.02 Å². The highest BCUT2D eigenvalue weighted by molar-refractivity contribution is 6.34. The molecule has 1 rings (SSSR count). The molecular formula is C9H9Cl2N3O. The minimum absolute atomic E-state index is 0.120. The summed E-state index contributed by atoms with van der Waals surface area (Å²) < 4.78 is 0. The highest BCUT2D eigenvalue weighted by Gasteiger charge is 2.07. The fourth-order valence-electron chi connectivity index (χ4n) is 0.967. The zero-order valence-corrected chi connectivity index (χ0v) is 9.22. The topological polar surface area (TPSA) is 81.5 Å². The molecule has 0 saturated carbocycles. The van der Waals surface area contributed by atoms with Crippen LogP contribution in [-0.4, -0.2) is 17.6 Å². The molecule has 0 aliphatic rings. The third-order valence-corrected chi connectivity index (χ3v) is 2.23. The van der Waals surface area contributed by atoms with Gasteiger partial charge >= 0.3 is 0 Å². The molecule has 0 unspecified atom stereocenters. The lowest BCUT2D eigenvalue weighted by molar-refractivity contribution is 0.100. The summed E-state index contributed by atoms with van der Waals surface area (Å²) in [4.78, 5) is 14.9. The van der Waals surface area contributed by atoms with Gasteiger partial charge in [-0.05, 0) is 18.2 Å². The van der Waals surface area contributed by atoms with Crippen molar-refractivity contribution in [2.45, 2.75) is 0 Å². The number of hydrogen-bond donors (Lipinski definition) is 2. The maximum absolute atomic E-state index is 11.0. The average Bonchev–Trinajstić information content (AvgIpc) is 2.20. The van der Waals surface area contributed by atoms with Gasteiger partial charge in [0.1, 0.15) is 5.84 Å². The molecule has 0 fully saturated rings. The van der Waals surface area contributed by atoms with E-state index in [9.17, 15) is 4.79 Å². The lowest BCUT2D eigenvalue weighted by atomic mass is 10.2. The van der Waals surface area contributed by atoms with E-state index in [4.69, 9.17) is 34.7 Å². The molecule has 15 heavy (non-hydrogen) atoms. The van der Waals surface area contributed by atoms with Crippen LogP contribution >= 0.6 is 23.2 Å². The van der Waals surface area contributed by atoms with Gasteiger partial charge < -0.3 is 11.5 Å². The molecule has 0 heterocycles. The Labute approximate surface area is 96.9 Å². The lowest BCUT2D eigenvalue weighted by Crippen LogP contribution is -2.13. The van der Waals surface area contributed by atoms with Crippen molar-refractivity contribution in [3.05, 3.63) is 28.8 Å². The van der Waals surface area contributed by atoms with Crippen LogP contribution in [0.5, 0.6) is 0 Å². The first-order valence-corrected chi connectivity index (χ1v) is 4.94. The minimum atomic E-state index is -0.610. The highest BCUT2D eigenvalue weighted by atomic mass is 35.5. The SMILES string of the molecule is NC(=O)c1cc(N=C(N)CCl)ccc1Cl. The molecular weight excluding hydrogens is 237 g/mol. The van der Waals surface area contributed by atoms with Crippen molar-refractivity contribution in [2.24, 2.45) is 16.5 Å². The van der Waals surface area contributed by atoms with E-state index in [2.05, 4.69) is 4.99 Å². The first kappa shape index (κ1) is 11.8. The number of benzene rings is 1. The maximum atomic E-state index is 11.0. The number of amides is 1. The zero-order valence-electron chi connectivity index (χ0n) is 7.71. The standard InChI is InChI=1S/C9H9Cl2N3O/c10-4-8(12)14-5-1-2-7(11)6(3-5)9(13)15/h1-3H,4H2,(H2,12,14)(H2,13,15). The van der Waals surface area contributed by atoms with Crippen LogP contribution in [0.1, 0.15) is 10.4 Å². The normalized spacial score (nSPS) is 11.5. The molecule has 0 atom stereocenters. The molecule has 6 heteroatoms. The summed E-state index contributed by atoms with van der Waals surface area (Å²) in [5, 5.41) is 0.283. The van der Waals surface area contributed by atoms with Gasteiger partial charge in [0, 0.05) is 0 Å². The van der Waals surface area contributed by atoms with Crippen molar-refractivity contribution in [3.8, 4) is 0 Å². The zero-order chi connectivity index (χ0) is 11.4. The summed E-state index contributed by atoms with van der Waals surface area (Å²) in [5.41, 5.74) is 11.3. The van der Waals surface area contributed by atoms with Crippen LogP contribution in [0.3, 0.4) is 0 Å². The number of aliphatic imine (C=N–C) groups is 1. The van der Waals surface area contributed by atoms with Crippen LogP contribution in [0.25, 0.3) is 0 Å². The summed E-state index contributed by atoms with van der Waals surface area (Å²) >= 11 is 11.2. The fourth-order valence-corrected chi connectivity index (χ4v) is 1.24. The molecule has 1 aromatic rings. The molecule has 0 aliphatic heterocycles. The second-order valence-electron chi connectivity index (χ2n) is 2.77. The Morgan fingerprint density at radius 3 is 2.60 bits per heavy atom. The van der Waals surface area contributed by atoms with Crippen molar-refractivity contribution >= 4 is 40.6 Å². The van der Waals surface area contributed by atoms with Crippen molar-refractivity contribution in [1.82, 2.24) is 0 Å². The van der Waals surface area contributed by atoms with Gasteiger partial charge in [-0.1, -0.05) is 11.6 Å². The van der Waals surface area contributed by atoms with Gasteiger partial charge in [0.25, 0.3) is 0 Å². The van der Waals surface area contributed by atoms with Gasteiger partial charge in [0.2, 0.25) is 5.91 Å². The van der Waals surface area contributed by atoms with Crippen molar-refractivity contribution < 1.29 is 4.79 Å². The molecule has 80 valence electrons.